The predicted octanol–water partition coefficient (Wildman–Crippen LogP) is 5.57. The van der Waals surface area contributed by atoms with Gasteiger partial charge in [-0.05, 0) is 48.0 Å². The molecule has 0 aliphatic rings. The number of carbonyl (C=O) groups excluding carboxylic acids is 1. The first-order valence-electron chi connectivity index (χ1n) is 10.9. The minimum Gasteiger partial charge on any atom is -0.497 e. The van der Waals surface area contributed by atoms with Crippen molar-refractivity contribution in [3.8, 4) is 17.0 Å². The largest absolute Gasteiger partial charge is 0.497 e. The van der Waals surface area contributed by atoms with Crippen LogP contribution < -0.4 is 10.1 Å². The van der Waals surface area contributed by atoms with Crippen LogP contribution in [0.25, 0.3) is 16.9 Å². The Bertz CT molecular complexity index is 1580. The molecular formula is C25H18ClF3N6O2. The number of methoxy groups -OCH3 is 1. The molecule has 12 heteroatoms. The van der Waals surface area contributed by atoms with E-state index in [-0.39, 0.29) is 22.7 Å². The molecule has 8 nitrogen and oxygen atoms in total. The molecule has 37 heavy (non-hydrogen) atoms. The summed E-state index contributed by atoms with van der Waals surface area (Å²) in [5, 5.41) is 11.3. The second-order valence-electron chi connectivity index (χ2n) is 8.03. The Kier molecular flexibility index (Phi) is 6.30. The Labute approximate surface area is 213 Å². The van der Waals surface area contributed by atoms with E-state index in [0.717, 1.165) is 17.8 Å². The number of hydrogen-bond acceptors (Lipinski definition) is 5. The van der Waals surface area contributed by atoms with Crippen LogP contribution in [-0.2, 0) is 12.7 Å². The lowest BCUT2D eigenvalue weighted by atomic mass is 10.1. The maximum Gasteiger partial charge on any atom is 0.433 e. The number of fused-ring (bicyclic) bond motifs is 1. The molecule has 3 aromatic heterocycles. The van der Waals surface area contributed by atoms with Gasteiger partial charge in [-0.1, -0.05) is 23.7 Å². The second-order valence-corrected chi connectivity index (χ2v) is 8.46. The zero-order valence-corrected chi connectivity index (χ0v) is 20.0. The number of alkyl halides is 3. The first kappa shape index (κ1) is 24.3. The Morgan fingerprint density at radius 3 is 2.49 bits per heavy atom. The summed E-state index contributed by atoms with van der Waals surface area (Å²) in [6.07, 6.45) is -2.01. The Morgan fingerprint density at radius 2 is 1.81 bits per heavy atom. The van der Waals surface area contributed by atoms with Gasteiger partial charge in [0.05, 0.1) is 25.5 Å². The molecule has 5 aromatic rings. The molecule has 0 saturated heterocycles. The van der Waals surface area contributed by atoms with Crippen LogP contribution >= 0.6 is 11.6 Å². The normalized spacial score (nSPS) is 11.6. The van der Waals surface area contributed by atoms with E-state index in [1.807, 2.05) is 12.1 Å². The Morgan fingerprint density at radius 1 is 1.08 bits per heavy atom. The monoisotopic (exact) mass is 526 g/mol. The van der Waals surface area contributed by atoms with Gasteiger partial charge in [-0.2, -0.15) is 23.4 Å². The maximum atomic E-state index is 13.9. The topological polar surface area (TPSA) is 86.3 Å². The fraction of sp³-hybridized carbons (Fsp3) is 0.120. The van der Waals surface area contributed by atoms with Gasteiger partial charge in [0.2, 0.25) is 0 Å². The van der Waals surface area contributed by atoms with Crippen LogP contribution in [-0.4, -0.2) is 37.4 Å². The molecule has 1 amide bonds. The molecule has 0 saturated carbocycles. The maximum absolute atomic E-state index is 13.9. The summed E-state index contributed by atoms with van der Waals surface area (Å²) in [6.45, 7) is 0.436. The van der Waals surface area contributed by atoms with Crippen molar-refractivity contribution < 1.29 is 22.7 Å². The van der Waals surface area contributed by atoms with Crippen molar-refractivity contribution in [3.05, 3.63) is 94.9 Å². The van der Waals surface area contributed by atoms with E-state index in [1.54, 1.807) is 53.3 Å². The highest BCUT2D eigenvalue weighted by Gasteiger charge is 2.36. The number of anilines is 1. The van der Waals surface area contributed by atoms with Gasteiger partial charge in [0.15, 0.2) is 17.2 Å². The van der Waals surface area contributed by atoms with Crippen molar-refractivity contribution in [2.75, 3.05) is 12.4 Å². The molecule has 2 aromatic carbocycles. The van der Waals surface area contributed by atoms with E-state index < -0.39 is 17.8 Å². The quantitative estimate of drug-likeness (QED) is 0.312. The predicted molar refractivity (Wildman–Crippen MR) is 131 cm³/mol. The Balaban J connectivity index is 1.45. The summed E-state index contributed by atoms with van der Waals surface area (Å²) in [6, 6.07) is 16.1. The molecule has 188 valence electrons. The number of nitrogens with one attached hydrogen (secondary N) is 1. The summed E-state index contributed by atoms with van der Waals surface area (Å²) in [7, 11) is 1.49. The van der Waals surface area contributed by atoms with E-state index in [0.29, 0.717) is 27.4 Å². The second kappa shape index (κ2) is 9.58. The number of aromatic nitrogens is 5. The van der Waals surface area contributed by atoms with Crippen molar-refractivity contribution in [3.63, 3.8) is 0 Å². The number of carbonyl (C=O) groups is 1. The lowest BCUT2D eigenvalue weighted by molar-refractivity contribution is -0.142. The van der Waals surface area contributed by atoms with Crippen LogP contribution in [0, 0.1) is 0 Å². The highest BCUT2D eigenvalue weighted by Crippen LogP contribution is 2.33. The van der Waals surface area contributed by atoms with Crippen LogP contribution in [0.5, 0.6) is 5.75 Å². The SMILES string of the molecule is COc1ccc(-c2cc(C(F)(F)F)n3ncc(C(=O)Nc4ccn(Cc5ccc(Cl)cc5)n4)c3n2)cc1. The van der Waals surface area contributed by atoms with Crippen molar-refractivity contribution in [2.24, 2.45) is 0 Å². The molecule has 0 radical (unpaired) electrons. The lowest BCUT2D eigenvalue weighted by Gasteiger charge is -2.12. The van der Waals surface area contributed by atoms with Crippen molar-refractivity contribution in [1.82, 2.24) is 24.4 Å². The van der Waals surface area contributed by atoms with Gasteiger partial charge in [0.1, 0.15) is 11.3 Å². The highest BCUT2D eigenvalue weighted by molar-refractivity contribution is 6.30. The molecule has 0 aliphatic carbocycles. The molecule has 0 fully saturated rings. The first-order valence-corrected chi connectivity index (χ1v) is 11.3. The molecule has 0 atom stereocenters. The third-order valence-electron chi connectivity index (χ3n) is 5.53. The van der Waals surface area contributed by atoms with Gasteiger partial charge >= 0.3 is 6.18 Å². The summed E-state index contributed by atoms with van der Waals surface area (Å²) >= 11 is 5.91. The molecule has 1 N–H and O–H groups in total. The minimum atomic E-state index is -4.73. The van der Waals surface area contributed by atoms with Crippen molar-refractivity contribution in [2.45, 2.75) is 12.7 Å². The van der Waals surface area contributed by atoms with Gasteiger partial charge in [0.25, 0.3) is 5.91 Å². The average Bonchev–Trinajstić information content (AvgIpc) is 3.51. The summed E-state index contributed by atoms with van der Waals surface area (Å²) < 4.78 is 48.9. The number of amides is 1. The molecular weight excluding hydrogens is 509 g/mol. The number of nitrogens with zero attached hydrogens (tertiary/aromatic N) is 5. The van der Waals surface area contributed by atoms with Gasteiger partial charge in [0, 0.05) is 22.8 Å². The van der Waals surface area contributed by atoms with Crippen LogP contribution in [0.15, 0.2) is 73.1 Å². The van der Waals surface area contributed by atoms with Gasteiger partial charge < -0.3 is 10.1 Å². The molecule has 0 spiro atoms. The fourth-order valence-corrected chi connectivity index (χ4v) is 3.84. The van der Waals surface area contributed by atoms with E-state index in [2.05, 4.69) is 20.5 Å². The minimum absolute atomic E-state index is 0.0317. The van der Waals surface area contributed by atoms with Crippen LogP contribution in [0.1, 0.15) is 21.6 Å². The molecule has 0 aliphatic heterocycles. The van der Waals surface area contributed by atoms with Gasteiger partial charge in [-0.15, -0.1) is 0 Å². The average molecular weight is 527 g/mol. The number of ether oxygens (including phenoxy) is 1. The number of halogens is 4. The fourth-order valence-electron chi connectivity index (χ4n) is 3.71. The first-order chi connectivity index (χ1) is 17.7. The van der Waals surface area contributed by atoms with Crippen LogP contribution in [0.3, 0.4) is 0 Å². The summed E-state index contributed by atoms with van der Waals surface area (Å²) in [4.78, 5) is 17.3. The molecule has 0 bridgehead atoms. The third-order valence-corrected chi connectivity index (χ3v) is 5.78. The van der Waals surface area contributed by atoms with Gasteiger partial charge in [-0.3, -0.25) is 9.48 Å². The van der Waals surface area contributed by atoms with E-state index in [1.165, 1.54) is 7.11 Å². The number of hydrogen-bond donors (Lipinski definition) is 1. The van der Waals surface area contributed by atoms with Crippen molar-refractivity contribution in [1.29, 1.82) is 0 Å². The summed E-state index contributed by atoms with van der Waals surface area (Å²) in [5.41, 5.74) is -0.0315. The third kappa shape index (κ3) is 5.12. The standard InChI is InChI=1S/C25H18ClF3N6O2/c1-37-18-8-4-16(5-9-18)20-12-21(25(27,28)29)35-23(31-20)19(13-30-35)24(36)32-22-10-11-34(33-22)14-15-2-6-17(26)7-3-15/h2-13H,14H2,1H3,(H,32,33,36). The van der Waals surface area contributed by atoms with Crippen LogP contribution in [0.4, 0.5) is 19.0 Å². The Hall–Kier alpha value is -4.38. The molecule has 3 heterocycles. The molecule has 5 rings (SSSR count). The molecule has 0 unspecified atom stereocenters. The van der Waals surface area contributed by atoms with Crippen molar-refractivity contribution >= 4 is 29.0 Å². The van der Waals surface area contributed by atoms with Gasteiger partial charge in [-0.25, -0.2) is 9.50 Å². The zero-order valence-electron chi connectivity index (χ0n) is 19.2. The van der Waals surface area contributed by atoms with E-state index in [9.17, 15) is 18.0 Å². The highest BCUT2D eigenvalue weighted by atomic mass is 35.5. The number of rotatable bonds is 6. The zero-order chi connectivity index (χ0) is 26.2. The van der Waals surface area contributed by atoms with E-state index in [4.69, 9.17) is 16.3 Å². The smallest absolute Gasteiger partial charge is 0.433 e. The van der Waals surface area contributed by atoms with Crippen LogP contribution in [0.2, 0.25) is 5.02 Å². The number of benzene rings is 2. The van der Waals surface area contributed by atoms with E-state index >= 15 is 0 Å². The lowest BCUT2D eigenvalue weighted by Crippen LogP contribution is -2.16. The summed E-state index contributed by atoms with van der Waals surface area (Å²) in [5.74, 6) is 0.0701.